The molecule has 2 heterocycles. The maximum atomic E-state index is 11.6. The highest BCUT2D eigenvalue weighted by molar-refractivity contribution is 7.99. The molecule has 2 atom stereocenters. The van der Waals surface area contributed by atoms with E-state index in [2.05, 4.69) is 31.7 Å². The number of fused-ring (bicyclic) bond motifs is 1. The topological polar surface area (TPSA) is 40.5 Å². The molecule has 4 heteroatoms. The number of hydrogen-bond acceptors (Lipinski definition) is 3. The van der Waals surface area contributed by atoms with Crippen molar-refractivity contribution in [3.8, 4) is 0 Å². The summed E-state index contributed by atoms with van der Waals surface area (Å²) < 4.78 is 0. The summed E-state index contributed by atoms with van der Waals surface area (Å²) in [5.74, 6) is 1.77. The summed E-state index contributed by atoms with van der Waals surface area (Å²) in [5, 5.41) is 9.58. The van der Waals surface area contributed by atoms with Crippen molar-refractivity contribution in [2.75, 3.05) is 11.5 Å². The highest BCUT2D eigenvalue weighted by Crippen LogP contribution is 2.48. The summed E-state index contributed by atoms with van der Waals surface area (Å²) in [7, 11) is 0. The van der Waals surface area contributed by atoms with Crippen molar-refractivity contribution >= 4 is 17.7 Å². The smallest absolute Gasteiger partial charge is 0.329 e. The number of carboxylic acids is 1. The minimum absolute atomic E-state index is 0.143. The third-order valence-electron chi connectivity index (χ3n) is 3.67. The van der Waals surface area contributed by atoms with Gasteiger partial charge in [-0.1, -0.05) is 6.08 Å². The lowest BCUT2D eigenvalue weighted by atomic mass is 9.92. The van der Waals surface area contributed by atoms with E-state index in [0.717, 1.165) is 17.9 Å². The molecule has 0 amide bonds. The molecule has 0 aromatic carbocycles. The SMILES string of the molecule is CC(C)(C)N1C2=CCSCC2CC1(C)C(=O)O. The molecule has 2 unspecified atom stereocenters. The molecule has 17 heavy (non-hydrogen) atoms. The van der Waals surface area contributed by atoms with Crippen LogP contribution in [0.5, 0.6) is 0 Å². The number of aliphatic carboxylic acids is 1. The van der Waals surface area contributed by atoms with E-state index < -0.39 is 11.5 Å². The van der Waals surface area contributed by atoms with Gasteiger partial charge in [-0.3, -0.25) is 0 Å². The number of hydrogen-bond donors (Lipinski definition) is 1. The first-order valence-electron chi connectivity index (χ1n) is 6.08. The molecule has 0 aromatic rings. The van der Waals surface area contributed by atoms with Crippen molar-refractivity contribution in [2.24, 2.45) is 5.92 Å². The number of nitrogens with zero attached hydrogens (tertiary/aromatic N) is 1. The number of thioether (sulfide) groups is 1. The molecule has 96 valence electrons. The highest BCUT2D eigenvalue weighted by Gasteiger charge is 2.54. The average molecular weight is 255 g/mol. The fraction of sp³-hybridized carbons (Fsp3) is 0.769. The van der Waals surface area contributed by atoms with Gasteiger partial charge in [-0.25, -0.2) is 4.79 Å². The second-order valence-electron chi connectivity index (χ2n) is 6.15. The van der Waals surface area contributed by atoms with Crippen molar-refractivity contribution in [1.29, 1.82) is 0 Å². The Morgan fingerprint density at radius 3 is 2.76 bits per heavy atom. The Morgan fingerprint density at radius 1 is 1.59 bits per heavy atom. The molecular formula is C13H21NO2S. The summed E-state index contributed by atoms with van der Waals surface area (Å²) >= 11 is 1.90. The van der Waals surface area contributed by atoms with Gasteiger partial charge in [0.15, 0.2) is 0 Å². The Labute approximate surface area is 107 Å². The van der Waals surface area contributed by atoms with Crippen LogP contribution in [0.4, 0.5) is 0 Å². The zero-order valence-corrected chi connectivity index (χ0v) is 11.8. The second kappa shape index (κ2) is 3.94. The van der Waals surface area contributed by atoms with Gasteiger partial charge in [-0.05, 0) is 34.1 Å². The summed E-state index contributed by atoms with van der Waals surface area (Å²) in [5.41, 5.74) is 0.358. The highest BCUT2D eigenvalue weighted by atomic mass is 32.2. The predicted octanol–water partition coefficient (Wildman–Crippen LogP) is 2.58. The van der Waals surface area contributed by atoms with Crippen molar-refractivity contribution in [1.82, 2.24) is 4.90 Å². The zero-order valence-electron chi connectivity index (χ0n) is 11.0. The normalized spacial score (nSPS) is 33.3. The fourth-order valence-electron chi connectivity index (χ4n) is 3.21. The molecular weight excluding hydrogens is 234 g/mol. The van der Waals surface area contributed by atoms with Crippen molar-refractivity contribution in [2.45, 2.75) is 45.2 Å². The molecule has 3 nitrogen and oxygen atoms in total. The van der Waals surface area contributed by atoms with Gasteiger partial charge in [-0.15, -0.1) is 0 Å². The van der Waals surface area contributed by atoms with Crippen molar-refractivity contribution in [3.63, 3.8) is 0 Å². The second-order valence-corrected chi connectivity index (χ2v) is 7.23. The van der Waals surface area contributed by atoms with E-state index in [1.165, 1.54) is 5.70 Å². The summed E-state index contributed by atoms with van der Waals surface area (Å²) in [6, 6.07) is 0. The van der Waals surface area contributed by atoms with Gasteiger partial charge in [0.2, 0.25) is 0 Å². The van der Waals surface area contributed by atoms with Gasteiger partial charge >= 0.3 is 5.97 Å². The van der Waals surface area contributed by atoms with E-state index in [9.17, 15) is 9.90 Å². The molecule has 1 fully saturated rings. The molecule has 1 saturated heterocycles. The minimum atomic E-state index is -0.750. The van der Waals surface area contributed by atoms with E-state index in [4.69, 9.17) is 0 Å². The Hall–Kier alpha value is -0.640. The lowest BCUT2D eigenvalue weighted by Gasteiger charge is -2.44. The molecule has 0 radical (unpaired) electrons. The predicted molar refractivity (Wildman–Crippen MR) is 71.1 cm³/mol. The first kappa shape index (κ1) is 12.8. The monoisotopic (exact) mass is 255 g/mol. The van der Waals surface area contributed by atoms with E-state index >= 15 is 0 Å². The van der Waals surface area contributed by atoms with Crippen LogP contribution in [-0.4, -0.2) is 38.6 Å². The van der Waals surface area contributed by atoms with Crippen LogP contribution in [0, 0.1) is 5.92 Å². The maximum absolute atomic E-state index is 11.6. The minimum Gasteiger partial charge on any atom is -0.480 e. The molecule has 0 saturated carbocycles. The van der Waals surface area contributed by atoms with Gasteiger partial charge in [0, 0.05) is 28.7 Å². The first-order chi connectivity index (χ1) is 7.77. The quantitative estimate of drug-likeness (QED) is 0.782. The third kappa shape index (κ3) is 1.96. The molecule has 0 aromatic heterocycles. The van der Waals surface area contributed by atoms with Gasteiger partial charge in [0.05, 0.1) is 0 Å². The van der Waals surface area contributed by atoms with Crippen LogP contribution in [0.2, 0.25) is 0 Å². The van der Waals surface area contributed by atoms with Crippen LogP contribution in [-0.2, 0) is 4.79 Å². The van der Waals surface area contributed by atoms with Crippen LogP contribution in [0.15, 0.2) is 11.8 Å². The van der Waals surface area contributed by atoms with Crippen LogP contribution in [0.1, 0.15) is 34.1 Å². The lowest BCUT2D eigenvalue weighted by molar-refractivity contribution is -0.150. The van der Waals surface area contributed by atoms with Crippen LogP contribution in [0.25, 0.3) is 0 Å². The molecule has 0 aliphatic carbocycles. The van der Waals surface area contributed by atoms with E-state index in [1.807, 2.05) is 18.7 Å². The van der Waals surface area contributed by atoms with Gasteiger partial charge < -0.3 is 10.0 Å². The summed E-state index contributed by atoms with van der Waals surface area (Å²) in [6.07, 6.45) is 2.96. The molecule has 1 N–H and O–H groups in total. The number of rotatable bonds is 1. The van der Waals surface area contributed by atoms with Gasteiger partial charge in [0.25, 0.3) is 0 Å². The largest absolute Gasteiger partial charge is 0.480 e. The fourth-order valence-corrected chi connectivity index (χ4v) is 4.21. The Bertz CT molecular complexity index is 372. The number of carboxylic acid groups (broad SMARTS) is 1. The molecule has 0 bridgehead atoms. The number of likely N-dealkylation sites (tertiary alicyclic amines) is 1. The standard InChI is InChI=1S/C13H21NO2S/c1-12(2,3)14-10-5-6-17-8-9(10)7-13(14,4)11(15)16/h5,9H,6-8H2,1-4H3,(H,15,16). The molecule has 2 aliphatic heterocycles. The Kier molecular flexibility index (Phi) is 2.97. The van der Waals surface area contributed by atoms with E-state index in [-0.39, 0.29) is 5.54 Å². The van der Waals surface area contributed by atoms with E-state index in [1.54, 1.807) is 0 Å². The Morgan fingerprint density at radius 2 is 2.24 bits per heavy atom. The Balaban J connectivity index is 2.47. The van der Waals surface area contributed by atoms with Gasteiger partial charge in [-0.2, -0.15) is 11.8 Å². The number of carbonyl (C=O) groups is 1. The van der Waals surface area contributed by atoms with Crippen LogP contribution in [0.3, 0.4) is 0 Å². The molecule has 2 rings (SSSR count). The van der Waals surface area contributed by atoms with Crippen molar-refractivity contribution < 1.29 is 9.90 Å². The van der Waals surface area contributed by atoms with Crippen LogP contribution >= 0.6 is 11.8 Å². The average Bonchev–Trinajstić information content (AvgIpc) is 2.50. The zero-order chi connectivity index (χ0) is 12.8. The van der Waals surface area contributed by atoms with E-state index in [0.29, 0.717) is 5.92 Å². The summed E-state index contributed by atoms with van der Waals surface area (Å²) in [6.45, 7) is 8.15. The molecule has 0 spiro atoms. The van der Waals surface area contributed by atoms with Crippen LogP contribution < -0.4 is 0 Å². The lowest BCUT2D eigenvalue weighted by Crippen LogP contribution is -2.55. The first-order valence-corrected chi connectivity index (χ1v) is 7.24. The third-order valence-corrected chi connectivity index (χ3v) is 4.72. The maximum Gasteiger partial charge on any atom is 0.329 e. The number of allylic oxidation sites excluding steroid dienone is 1. The van der Waals surface area contributed by atoms with Crippen molar-refractivity contribution in [3.05, 3.63) is 11.8 Å². The van der Waals surface area contributed by atoms with Gasteiger partial charge in [0.1, 0.15) is 5.54 Å². The summed E-state index contributed by atoms with van der Waals surface area (Å²) in [4.78, 5) is 13.8. The molecule has 2 aliphatic rings.